The highest BCUT2D eigenvalue weighted by Crippen LogP contribution is 2.35. The van der Waals surface area contributed by atoms with Gasteiger partial charge in [-0.2, -0.15) is 0 Å². The number of ether oxygens (including phenoxy) is 3. The van der Waals surface area contributed by atoms with Gasteiger partial charge in [-0.05, 0) is 67.8 Å². The van der Waals surface area contributed by atoms with Gasteiger partial charge in [-0.25, -0.2) is 14.4 Å². The second-order valence-electron chi connectivity index (χ2n) is 9.93. The lowest BCUT2D eigenvalue weighted by Crippen LogP contribution is -2.23. The summed E-state index contributed by atoms with van der Waals surface area (Å²) in [7, 11) is 1.54. The van der Waals surface area contributed by atoms with Gasteiger partial charge in [0.25, 0.3) is 0 Å². The summed E-state index contributed by atoms with van der Waals surface area (Å²) in [5, 5.41) is 4.03. The second kappa shape index (κ2) is 11.4. The monoisotopic (exact) mass is 581 g/mol. The molecule has 2 aliphatic heterocycles. The van der Waals surface area contributed by atoms with E-state index in [-0.39, 0.29) is 24.6 Å². The number of aromatic nitrogens is 3. The van der Waals surface area contributed by atoms with E-state index in [1.807, 2.05) is 22.8 Å². The quantitative estimate of drug-likeness (QED) is 0.205. The Balaban J connectivity index is 1.57. The third-order valence-corrected chi connectivity index (χ3v) is 7.12. The maximum atomic E-state index is 14.5. The third kappa shape index (κ3) is 5.94. The zero-order valence-electron chi connectivity index (χ0n) is 22.6. The molecule has 1 saturated heterocycles. The first-order valence-corrected chi connectivity index (χ1v) is 13.5. The van der Waals surface area contributed by atoms with Crippen molar-refractivity contribution in [1.29, 1.82) is 0 Å². The van der Waals surface area contributed by atoms with Crippen molar-refractivity contribution in [2.75, 3.05) is 25.6 Å². The number of fused-ring (bicyclic) bond motifs is 2. The molecular weight excluding hydrogens is 554 g/mol. The first kappa shape index (κ1) is 27.7. The summed E-state index contributed by atoms with van der Waals surface area (Å²) in [6.07, 6.45) is 1.50. The van der Waals surface area contributed by atoms with Crippen LogP contribution in [-0.2, 0) is 9.47 Å². The fourth-order valence-electron chi connectivity index (χ4n) is 5.21. The lowest BCUT2D eigenvalue weighted by Gasteiger charge is -2.25. The van der Waals surface area contributed by atoms with Gasteiger partial charge in [-0.1, -0.05) is 0 Å². The minimum Gasteiger partial charge on any atom is -0.480 e. The highest BCUT2D eigenvalue weighted by atomic mass is 19.4. The van der Waals surface area contributed by atoms with Crippen molar-refractivity contribution in [3.63, 3.8) is 0 Å². The van der Waals surface area contributed by atoms with E-state index in [9.17, 15) is 17.6 Å². The average Bonchev–Trinajstić information content (AvgIpc) is 2.97. The SMILES string of the molecule is COc1ncccc1Nc1cc2nc3ccc(F)cc3n(C3=CC=C(OC(F)(F)F)CC3)c-2c/c1=N\C1CCOCC1. The van der Waals surface area contributed by atoms with Crippen molar-refractivity contribution < 1.29 is 31.8 Å². The second-order valence-corrected chi connectivity index (χ2v) is 9.93. The van der Waals surface area contributed by atoms with Crippen LogP contribution in [0, 0.1) is 5.82 Å². The van der Waals surface area contributed by atoms with Crippen LogP contribution >= 0.6 is 0 Å². The Hall–Kier alpha value is -4.45. The first-order valence-electron chi connectivity index (χ1n) is 13.5. The van der Waals surface area contributed by atoms with Crippen LogP contribution in [0.15, 0.2) is 71.6 Å². The third-order valence-electron chi connectivity index (χ3n) is 7.12. The van der Waals surface area contributed by atoms with Gasteiger partial charge in [0.1, 0.15) is 17.3 Å². The van der Waals surface area contributed by atoms with Crippen molar-refractivity contribution >= 4 is 28.1 Å². The molecule has 0 unspecified atom stereocenters. The Morgan fingerprint density at radius 3 is 2.62 bits per heavy atom. The molecule has 2 aliphatic carbocycles. The standard InChI is InChI=1S/C30H27F4N5O3/c1-40-29-23(3-2-12-35-29)38-24-16-26-28(17-25(24)36-19-10-13-41-14-11-19)39(27-15-18(31)4-9-22(27)37-26)20-5-7-21(8-6-20)42-30(32,33)34/h2-5,7,9,12,15-17,19,38H,6,8,10-11,13-14H2,1H3/b36-25+. The summed E-state index contributed by atoms with van der Waals surface area (Å²) in [5.74, 6) is -0.241. The number of nitrogens with zero attached hydrogens (tertiary/aromatic N) is 4. The molecule has 4 aliphatic rings. The van der Waals surface area contributed by atoms with Crippen LogP contribution in [0.3, 0.4) is 0 Å². The number of anilines is 2. The van der Waals surface area contributed by atoms with E-state index in [1.54, 1.807) is 24.4 Å². The topological polar surface area (TPSA) is 82.8 Å². The molecule has 3 heterocycles. The van der Waals surface area contributed by atoms with E-state index in [0.29, 0.717) is 63.9 Å². The molecule has 6 rings (SSSR count). The van der Waals surface area contributed by atoms with Gasteiger partial charge >= 0.3 is 6.36 Å². The van der Waals surface area contributed by atoms with Gasteiger partial charge < -0.3 is 24.1 Å². The number of hydrogen-bond donors (Lipinski definition) is 1. The van der Waals surface area contributed by atoms with Gasteiger partial charge in [0.2, 0.25) is 5.88 Å². The number of hydrogen-bond acceptors (Lipinski definition) is 7. The average molecular weight is 582 g/mol. The molecule has 1 aromatic carbocycles. The van der Waals surface area contributed by atoms with Gasteiger partial charge in [0.05, 0.1) is 46.6 Å². The number of allylic oxidation sites excluding steroid dienone is 4. The molecule has 1 fully saturated rings. The zero-order chi connectivity index (χ0) is 29.3. The van der Waals surface area contributed by atoms with Crippen molar-refractivity contribution in [3.05, 3.63) is 77.7 Å². The fraction of sp³-hybridized carbons (Fsp3) is 0.300. The molecule has 0 atom stereocenters. The minimum atomic E-state index is -4.77. The molecule has 0 amide bonds. The van der Waals surface area contributed by atoms with Crippen LogP contribution in [0.4, 0.5) is 28.9 Å². The fourth-order valence-corrected chi connectivity index (χ4v) is 5.21. The predicted molar refractivity (Wildman–Crippen MR) is 149 cm³/mol. The Bertz CT molecular complexity index is 1720. The van der Waals surface area contributed by atoms with Crippen LogP contribution in [0.5, 0.6) is 5.88 Å². The summed E-state index contributed by atoms with van der Waals surface area (Å²) in [4.78, 5) is 14.2. The number of nitrogens with one attached hydrogen (secondary N) is 1. The zero-order valence-corrected chi connectivity index (χ0v) is 22.6. The number of halogens is 4. The number of pyridine rings is 1. The lowest BCUT2D eigenvalue weighted by molar-refractivity contribution is -0.306. The summed E-state index contributed by atoms with van der Waals surface area (Å²) in [6.45, 7) is 1.21. The molecule has 0 bridgehead atoms. The van der Waals surface area contributed by atoms with Crippen LogP contribution in [0.1, 0.15) is 25.7 Å². The van der Waals surface area contributed by atoms with Crippen molar-refractivity contribution in [1.82, 2.24) is 14.5 Å². The molecule has 0 spiro atoms. The summed E-state index contributed by atoms with van der Waals surface area (Å²) in [6, 6.07) is 11.7. The van der Waals surface area contributed by atoms with E-state index >= 15 is 0 Å². The van der Waals surface area contributed by atoms with Crippen LogP contribution in [-0.4, -0.2) is 47.3 Å². The molecule has 0 saturated carbocycles. The largest absolute Gasteiger partial charge is 0.572 e. The Kier molecular flexibility index (Phi) is 7.55. The molecule has 1 N–H and O–H groups in total. The molecule has 12 heteroatoms. The maximum Gasteiger partial charge on any atom is 0.572 e. The molecule has 218 valence electrons. The van der Waals surface area contributed by atoms with E-state index < -0.39 is 12.2 Å². The normalized spacial score (nSPS) is 16.8. The summed E-state index contributed by atoms with van der Waals surface area (Å²) >= 11 is 0. The minimum absolute atomic E-state index is 0.0192. The molecular formula is C30H27F4N5O3. The highest BCUT2D eigenvalue weighted by molar-refractivity contribution is 5.86. The number of methoxy groups -OCH3 is 1. The summed E-state index contributed by atoms with van der Waals surface area (Å²) in [5.41, 5.74) is 4.17. The van der Waals surface area contributed by atoms with E-state index in [0.717, 1.165) is 12.8 Å². The molecule has 0 radical (unpaired) electrons. The van der Waals surface area contributed by atoms with Crippen LogP contribution < -0.4 is 15.4 Å². The molecule has 1 aromatic heterocycles. The van der Waals surface area contributed by atoms with Crippen LogP contribution in [0.25, 0.3) is 28.1 Å². The van der Waals surface area contributed by atoms with Gasteiger partial charge in [-0.15, -0.1) is 13.2 Å². The van der Waals surface area contributed by atoms with Crippen molar-refractivity contribution in [3.8, 4) is 17.3 Å². The maximum absolute atomic E-state index is 14.5. The van der Waals surface area contributed by atoms with Gasteiger partial charge in [0.15, 0.2) is 0 Å². The Labute approximate surface area is 238 Å². The van der Waals surface area contributed by atoms with E-state index in [2.05, 4.69) is 15.0 Å². The highest BCUT2D eigenvalue weighted by Gasteiger charge is 2.32. The number of alkyl halides is 3. The Morgan fingerprint density at radius 1 is 1.05 bits per heavy atom. The van der Waals surface area contributed by atoms with Crippen molar-refractivity contribution in [2.45, 2.75) is 38.1 Å². The predicted octanol–water partition coefficient (Wildman–Crippen LogP) is 6.56. The van der Waals surface area contributed by atoms with Gasteiger partial charge in [-0.3, -0.25) is 4.99 Å². The van der Waals surface area contributed by atoms with Gasteiger partial charge in [0, 0.05) is 37.6 Å². The molecule has 42 heavy (non-hydrogen) atoms. The number of rotatable bonds is 6. The lowest BCUT2D eigenvalue weighted by atomic mass is 10.1. The van der Waals surface area contributed by atoms with Crippen molar-refractivity contribution in [2.24, 2.45) is 4.99 Å². The van der Waals surface area contributed by atoms with E-state index in [1.165, 1.54) is 25.3 Å². The summed E-state index contributed by atoms with van der Waals surface area (Å²) < 4.78 is 69.9. The first-order chi connectivity index (χ1) is 20.3. The number of benzene rings is 2. The van der Waals surface area contributed by atoms with E-state index in [4.69, 9.17) is 19.5 Å². The molecule has 8 nitrogen and oxygen atoms in total. The Morgan fingerprint density at radius 2 is 1.88 bits per heavy atom. The van der Waals surface area contributed by atoms with Crippen LogP contribution in [0.2, 0.25) is 0 Å². The smallest absolute Gasteiger partial charge is 0.480 e. The molecule has 2 aromatic rings.